The van der Waals surface area contributed by atoms with Crippen molar-refractivity contribution in [2.45, 2.75) is 6.42 Å². The van der Waals surface area contributed by atoms with Crippen molar-refractivity contribution in [1.29, 1.82) is 0 Å². The highest BCUT2D eigenvalue weighted by Gasteiger charge is 2.08. The zero-order valence-corrected chi connectivity index (χ0v) is 15.7. The molecular weight excluding hydrogens is 375 g/mol. The average Bonchev–Trinajstić information content (AvgIpc) is 2.75. The lowest BCUT2D eigenvalue weighted by Crippen LogP contribution is -2.26. The average molecular weight is 394 g/mol. The summed E-state index contributed by atoms with van der Waals surface area (Å²) in [4.78, 5) is 31.9. The van der Waals surface area contributed by atoms with Crippen LogP contribution in [0.25, 0.3) is 0 Å². The Bertz CT molecular complexity index is 974. The Morgan fingerprint density at radius 3 is 2.24 bits per heavy atom. The smallest absolute Gasteiger partial charge is 0.337 e. The van der Waals surface area contributed by atoms with E-state index in [1.807, 2.05) is 0 Å². The third kappa shape index (κ3) is 5.58. The highest BCUT2D eigenvalue weighted by atomic mass is 19.1. The van der Waals surface area contributed by atoms with Gasteiger partial charge in [0, 0.05) is 24.6 Å². The number of nitrogens with one attached hydrogen (secondary N) is 2. The Kier molecular flexibility index (Phi) is 6.47. The molecule has 1 amide bonds. The van der Waals surface area contributed by atoms with E-state index < -0.39 is 5.97 Å². The van der Waals surface area contributed by atoms with Crippen molar-refractivity contribution in [1.82, 2.24) is 15.3 Å². The Hall–Kier alpha value is -3.81. The van der Waals surface area contributed by atoms with E-state index in [9.17, 15) is 14.0 Å². The van der Waals surface area contributed by atoms with Gasteiger partial charge >= 0.3 is 5.97 Å². The number of hydrogen-bond acceptors (Lipinski definition) is 6. The van der Waals surface area contributed by atoms with Crippen molar-refractivity contribution < 1.29 is 18.7 Å². The summed E-state index contributed by atoms with van der Waals surface area (Å²) < 4.78 is 17.5. The summed E-state index contributed by atoms with van der Waals surface area (Å²) in [6.45, 7) is 0.414. The molecule has 0 aliphatic carbocycles. The van der Waals surface area contributed by atoms with E-state index in [4.69, 9.17) is 0 Å². The minimum Gasteiger partial charge on any atom is -0.465 e. The third-order valence-electron chi connectivity index (χ3n) is 4.09. The number of ether oxygens (including phenoxy) is 1. The standard InChI is InChI=1S/C21H19FN4O3/c1-29-20(28)15-4-8-18(9-5-15)26-21-24-12-16(13-25-21)19(27)23-11-10-14-2-6-17(22)7-3-14/h2-9,12-13H,10-11H2,1H3,(H,23,27)(H,24,25,26). The molecule has 0 fully saturated rings. The van der Waals surface area contributed by atoms with Crippen LogP contribution < -0.4 is 10.6 Å². The van der Waals surface area contributed by atoms with E-state index in [1.54, 1.807) is 36.4 Å². The molecule has 3 rings (SSSR count). The van der Waals surface area contributed by atoms with E-state index in [0.717, 1.165) is 5.56 Å². The lowest BCUT2D eigenvalue weighted by atomic mass is 10.1. The normalized spacial score (nSPS) is 10.3. The maximum Gasteiger partial charge on any atom is 0.337 e. The number of amides is 1. The summed E-state index contributed by atoms with van der Waals surface area (Å²) in [5.41, 5.74) is 2.39. The van der Waals surface area contributed by atoms with Crippen molar-refractivity contribution >= 4 is 23.5 Å². The second kappa shape index (κ2) is 9.41. The molecule has 148 valence electrons. The maximum atomic E-state index is 12.9. The van der Waals surface area contributed by atoms with Crippen molar-refractivity contribution in [3.05, 3.63) is 83.4 Å². The van der Waals surface area contributed by atoms with Crippen LogP contribution in [0.5, 0.6) is 0 Å². The number of hydrogen-bond donors (Lipinski definition) is 2. The quantitative estimate of drug-likeness (QED) is 0.598. The molecule has 1 heterocycles. The largest absolute Gasteiger partial charge is 0.465 e. The van der Waals surface area contributed by atoms with E-state index in [1.165, 1.54) is 31.6 Å². The van der Waals surface area contributed by atoms with E-state index in [2.05, 4.69) is 25.3 Å². The molecular formula is C21H19FN4O3. The Morgan fingerprint density at radius 1 is 0.966 bits per heavy atom. The first kappa shape index (κ1) is 19.9. The molecule has 1 aromatic heterocycles. The number of carbonyl (C=O) groups is 2. The van der Waals surface area contributed by atoms with Gasteiger partial charge in [0.25, 0.3) is 5.91 Å². The molecule has 29 heavy (non-hydrogen) atoms. The fourth-order valence-electron chi connectivity index (χ4n) is 2.52. The zero-order valence-electron chi connectivity index (χ0n) is 15.7. The van der Waals surface area contributed by atoms with Crippen molar-refractivity contribution in [3.63, 3.8) is 0 Å². The van der Waals surface area contributed by atoms with Gasteiger partial charge < -0.3 is 15.4 Å². The van der Waals surface area contributed by atoms with Gasteiger partial charge in [-0.1, -0.05) is 12.1 Å². The van der Waals surface area contributed by atoms with Gasteiger partial charge in [-0.3, -0.25) is 4.79 Å². The van der Waals surface area contributed by atoms with Gasteiger partial charge in [0.1, 0.15) is 5.82 Å². The highest BCUT2D eigenvalue weighted by Crippen LogP contribution is 2.14. The van der Waals surface area contributed by atoms with E-state index >= 15 is 0 Å². The van der Waals surface area contributed by atoms with Crippen molar-refractivity contribution in [2.24, 2.45) is 0 Å². The van der Waals surface area contributed by atoms with Crippen LogP contribution in [0, 0.1) is 5.82 Å². The predicted molar refractivity (Wildman–Crippen MR) is 106 cm³/mol. The van der Waals surface area contributed by atoms with Crippen LogP contribution >= 0.6 is 0 Å². The van der Waals surface area contributed by atoms with Crippen LogP contribution in [0.2, 0.25) is 0 Å². The van der Waals surface area contributed by atoms with Gasteiger partial charge in [-0.25, -0.2) is 19.2 Å². The van der Waals surface area contributed by atoms with Crippen LogP contribution in [0.1, 0.15) is 26.3 Å². The fourth-order valence-corrected chi connectivity index (χ4v) is 2.52. The molecule has 0 aliphatic rings. The summed E-state index contributed by atoms with van der Waals surface area (Å²) >= 11 is 0. The molecule has 2 aromatic carbocycles. The minimum absolute atomic E-state index is 0.289. The predicted octanol–water partition coefficient (Wildman–Crippen LogP) is 3.12. The summed E-state index contributed by atoms with van der Waals surface area (Å²) in [6.07, 6.45) is 3.44. The Labute approximate surface area is 167 Å². The van der Waals surface area contributed by atoms with Crippen LogP contribution in [0.3, 0.4) is 0 Å². The summed E-state index contributed by atoms with van der Waals surface area (Å²) in [6, 6.07) is 12.8. The molecule has 0 aliphatic heterocycles. The maximum absolute atomic E-state index is 12.9. The molecule has 0 unspecified atom stereocenters. The SMILES string of the molecule is COC(=O)c1ccc(Nc2ncc(C(=O)NCCc3ccc(F)cc3)cn2)cc1. The number of benzene rings is 2. The van der Waals surface area contributed by atoms with Gasteiger partial charge in [-0.15, -0.1) is 0 Å². The van der Waals surface area contributed by atoms with Crippen LogP contribution in [-0.2, 0) is 11.2 Å². The van der Waals surface area contributed by atoms with Gasteiger partial charge in [0.15, 0.2) is 0 Å². The van der Waals surface area contributed by atoms with Gasteiger partial charge in [-0.2, -0.15) is 0 Å². The Balaban J connectivity index is 1.51. The van der Waals surface area contributed by atoms with E-state index in [0.29, 0.717) is 35.7 Å². The van der Waals surface area contributed by atoms with Gasteiger partial charge in [0.05, 0.1) is 18.2 Å². The number of methoxy groups -OCH3 is 1. The number of halogens is 1. The van der Waals surface area contributed by atoms with Crippen molar-refractivity contribution in [2.75, 3.05) is 19.0 Å². The molecule has 8 heteroatoms. The molecule has 3 aromatic rings. The fraction of sp³-hybridized carbons (Fsp3) is 0.143. The molecule has 0 saturated heterocycles. The molecule has 0 atom stereocenters. The molecule has 2 N–H and O–H groups in total. The lowest BCUT2D eigenvalue weighted by molar-refractivity contribution is 0.0600. The van der Waals surface area contributed by atoms with E-state index in [-0.39, 0.29) is 11.7 Å². The molecule has 0 radical (unpaired) electrons. The zero-order chi connectivity index (χ0) is 20.6. The van der Waals surface area contributed by atoms with Crippen LogP contribution in [0.15, 0.2) is 60.9 Å². The summed E-state index contributed by atoms with van der Waals surface area (Å²) in [5.74, 6) is -0.676. The van der Waals surface area contributed by atoms with Crippen LogP contribution in [0.4, 0.5) is 16.0 Å². The van der Waals surface area contributed by atoms with Crippen LogP contribution in [-0.4, -0.2) is 35.5 Å². The lowest BCUT2D eigenvalue weighted by Gasteiger charge is -2.07. The highest BCUT2D eigenvalue weighted by molar-refractivity contribution is 5.93. The molecule has 0 spiro atoms. The number of anilines is 2. The number of nitrogens with zero attached hydrogens (tertiary/aromatic N) is 2. The second-order valence-electron chi connectivity index (χ2n) is 6.12. The first-order chi connectivity index (χ1) is 14.0. The van der Waals surface area contributed by atoms with Gasteiger partial charge in [0.2, 0.25) is 5.95 Å². The summed E-state index contributed by atoms with van der Waals surface area (Å²) in [5, 5.41) is 5.76. The number of aromatic nitrogens is 2. The second-order valence-corrected chi connectivity index (χ2v) is 6.12. The molecule has 0 saturated carbocycles. The number of rotatable bonds is 7. The molecule has 0 bridgehead atoms. The third-order valence-corrected chi connectivity index (χ3v) is 4.09. The monoisotopic (exact) mass is 394 g/mol. The summed E-state index contributed by atoms with van der Waals surface area (Å²) in [7, 11) is 1.32. The number of carbonyl (C=O) groups excluding carboxylic acids is 2. The Morgan fingerprint density at radius 2 is 1.62 bits per heavy atom. The van der Waals surface area contributed by atoms with Crippen molar-refractivity contribution in [3.8, 4) is 0 Å². The first-order valence-electron chi connectivity index (χ1n) is 8.85. The molecule has 7 nitrogen and oxygen atoms in total. The minimum atomic E-state index is -0.414. The first-order valence-corrected chi connectivity index (χ1v) is 8.85. The topological polar surface area (TPSA) is 93.2 Å². The number of esters is 1. The van der Waals surface area contributed by atoms with Gasteiger partial charge in [-0.05, 0) is 48.4 Å².